The highest BCUT2D eigenvalue weighted by molar-refractivity contribution is 5.10. The molecular formula is C21H36O2. The van der Waals surface area contributed by atoms with Crippen molar-refractivity contribution in [2.45, 2.75) is 84.2 Å². The maximum atomic E-state index is 10.6. The highest BCUT2D eigenvalue weighted by Gasteiger charge is 2.60. The van der Waals surface area contributed by atoms with Crippen LogP contribution in [0.15, 0.2) is 0 Å². The van der Waals surface area contributed by atoms with E-state index < -0.39 is 5.60 Å². The summed E-state index contributed by atoms with van der Waals surface area (Å²) in [4.78, 5) is 0. The molecule has 4 fully saturated rings. The van der Waals surface area contributed by atoms with Gasteiger partial charge in [-0.25, -0.2) is 0 Å². The Bertz CT molecular complexity index is 472. The van der Waals surface area contributed by atoms with Gasteiger partial charge >= 0.3 is 0 Å². The first-order chi connectivity index (χ1) is 10.8. The first kappa shape index (κ1) is 16.4. The average molecular weight is 321 g/mol. The van der Waals surface area contributed by atoms with Crippen molar-refractivity contribution in [3.8, 4) is 0 Å². The minimum Gasteiger partial charge on any atom is -0.396 e. The summed E-state index contributed by atoms with van der Waals surface area (Å²) in [5.74, 6) is 3.87. The van der Waals surface area contributed by atoms with Crippen LogP contribution in [-0.2, 0) is 0 Å². The summed E-state index contributed by atoms with van der Waals surface area (Å²) in [5.41, 5.74) is 0.443. The first-order valence-corrected chi connectivity index (χ1v) is 10.1. The normalized spacial score (nSPS) is 59.1. The lowest BCUT2D eigenvalue weighted by molar-refractivity contribution is -0.147. The van der Waals surface area contributed by atoms with E-state index in [1.54, 1.807) is 0 Å². The number of rotatable bonds is 1. The summed E-state index contributed by atoms with van der Waals surface area (Å²) in [6, 6.07) is 0. The number of hydrogen-bond acceptors (Lipinski definition) is 2. The molecule has 4 aliphatic carbocycles. The molecule has 0 aromatic carbocycles. The maximum absolute atomic E-state index is 10.6. The van der Waals surface area contributed by atoms with E-state index in [4.69, 9.17) is 0 Å². The van der Waals surface area contributed by atoms with Crippen molar-refractivity contribution >= 4 is 0 Å². The van der Waals surface area contributed by atoms with Crippen LogP contribution in [0, 0.1) is 40.4 Å². The Kier molecular flexibility index (Phi) is 3.71. The van der Waals surface area contributed by atoms with Gasteiger partial charge in [-0.1, -0.05) is 13.8 Å². The minimum atomic E-state index is -0.421. The van der Waals surface area contributed by atoms with Crippen molar-refractivity contribution in [3.63, 3.8) is 0 Å². The smallest absolute Gasteiger partial charge is 0.0622 e. The second-order valence-corrected chi connectivity index (χ2v) is 10.4. The summed E-state index contributed by atoms with van der Waals surface area (Å²) in [6.07, 6.45) is 11.2. The van der Waals surface area contributed by atoms with Crippen LogP contribution < -0.4 is 0 Å². The molecule has 0 amide bonds. The summed E-state index contributed by atoms with van der Waals surface area (Å²) in [7, 11) is 0. The summed E-state index contributed by atoms with van der Waals surface area (Å²) in [6.45, 7) is 7.50. The zero-order valence-electron chi connectivity index (χ0n) is 15.4. The van der Waals surface area contributed by atoms with Crippen LogP contribution in [0.5, 0.6) is 0 Å². The molecule has 23 heavy (non-hydrogen) atoms. The topological polar surface area (TPSA) is 40.5 Å². The van der Waals surface area contributed by atoms with Gasteiger partial charge in [0.25, 0.3) is 0 Å². The van der Waals surface area contributed by atoms with E-state index >= 15 is 0 Å². The van der Waals surface area contributed by atoms with Gasteiger partial charge in [0.15, 0.2) is 0 Å². The van der Waals surface area contributed by atoms with Gasteiger partial charge in [-0.05, 0) is 105 Å². The lowest BCUT2D eigenvalue weighted by Crippen LogP contribution is -2.55. The Morgan fingerprint density at radius 3 is 2.30 bits per heavy atom. The molecule has 4 aliphatic rings. The van der Waals surface area contributed by atoms with Gasteiger partial charge < -0.3 is 10.2 Å². The van der Waals surface area contributed by atoms with Gasteiger partial charge in [-0.2, -0.15) is 0 Å². The Morgan fingerprint density at radius 2 is 1.57 bits per heavy atom. The Hall–Kier alpha value is -0.0800. The fraction of sp³-hybridized carbons (Fsp3) is 1.00. The molecule has 8 atom stereocenters. The zero-order chi connectivity index (χ0) is 16.5. The molecule has 4 saturated carbocycles. The van der Waals surface area contributed by atoms with Gasteiger partial charge in [0.2, 0.25) is 0 Å². The number of aliphatic hydroxyl groups is 2. The molecule has 0 saturated heterocycles. The van der Waals surface area contributed by atoms with Crippen molar-refractivity contribution in [2.75, 3.05) is 6.61 Å². The minimum absolute atomic E-state index is 0.396. The molecule has 0 spiro atoms. The molecular weight excluding hydrogens is 284 g/mol. The predicted octanol–water partition coefficient (Wildman–Crippen LogP) is 4.39. The number of fused-ring (bicyclic) bond motifs is 5. The first-order valence-electron chi connectivity index (χ1n) is 10.1. The van der Waals surface area contributed by atoms with Crippen LogP contribution in [0.1, 0.15) is 78.6 Å². The fourth-order valence-corrected chi connectivity index (χ4v) is 7.84. The molecule has 2 N–H and O–H groups in total. The monoisotopic (exact) mass is 320 g/mol. The standard InChI is InChI=1S/C21H36O2/c1-19(23)10-11-21(3)14(12-19)4-6-16-17-7-5-15(13-22)20(17,2)9-8-18(16)21/h14-18,22-23H,4-13H2,1-3H3/t14?,15-,16+,17+,18?,19-,20-,21+/m1/s1. The van der Waals surface area contributed by atoms with Crippen molar-refractivity contribution < 1.29 is 10.2 Å². The molecule has 2 heteroatoms. The lowest BCUT2D eigenvalue weighted by Gasteiger charge is -2.61. The quantitative estimate of drug-likeness (QED) is 0.752. The molecule has 0 heterocycles. The molecule has 132 valence electrons. The third kappa shape index (κ3) is 2.27. The number of hydrogen-bond donors (Lipinski definition) is 2. The second kappa shape index (κ2) is 5.21. The van der Waals surface area contributed by atoms with Crippen molar-refractivity contribution in [1.82, 2.24) is 0 Å². The van der Waals surface area contributed by atoms with E-state index in [9.17, 15) is 10.2 Å². The summed E-state index contributed by atoms with van der Waals surface area (Å²) < 4.78 is 0. The lowest BCUT2D eigenvalue weighted by atomic mass is 9.44. The van der Waals surface area contributed by atoms with Crippen LogP contribution in [0.2, 0.25) is 0 Å². The molecule has 0 aromatic rings. The maximum Gasteiger partial charge on any atom is 0.0622 e. The van der Waals surface area contributed by atoms with E-state index in [-0.39, 0.29) is 0 Å². The van der Waals surface area contributed by atoms with E-state index in [1.807, 2.05) is 0 Å². The van der Waals surface area contributed by atoms with Crippen LogP contribution in [-0.4, -0.2) is 22.4 Å². The highest BCUT2D eigenvalue weighted by Crippen LogP contribution is 2.67. The Balaban J connectivity index is 1.60. The molecule has 0 bridgehead atoms. The van der Waals surface area contributed by atoms with Crippen molar-refractivity contribution in [1.29, 1.82) is 0 Å². The van der Waals surface area contributed by atoms with Crippen LogP contribution in [0.4, 0.5) is 0 Å². The van der Waals surface area contributed by atoms with Gasteiger partial charge in [0.05, 0.1) is 5.60 Å². The largest absolute Gasteiger partial charge is 0.396 e. The van der Waals surface area contributed by atoms with E-state index in [0.29, 0.717) is 23.4 Å². The van der Waals surface area contributed by atoms with E-state index in [2.05, 4.69) is 20.8 Å². The molecule has 0 aromatic heterocycles. The van der Waals surface area contributed by atoms with Gasteiger partial charge in [-0.3, -0.25) is 0 Å². The summed E-state index contributed by atoms with van der Waals surface area (Å²) in [5, 5.41) is 20.4. The van der Waals surface area contributed by atoms with E-state index in [0.717, 1.165) is 36.5 Å². The second-order valence-electron chi connectivity index (χ2n) is 10.4. The Labute approximate surface area is 142 Å². The predicted molar refractivity (Wildman–Crippen MR) is 92.9 cm³/mol. The SMILES string of the molecule is C[C@@]1(O)CC[C@@]2(C)C(CC[C@@H]3C2CC[C@]2(C)[C@@H](CO)CC[C@@H]32)C1. The third-order valence-corrected chi connectivity index (χ3v) is 9.37. The van der Waals surface area contributed by atoms with Gasteiger partial charge in [0.1, 0.15) is 0 Å². The van der Waals surface area contributed by atoms with Gasteiger partial charge in [0, 0.05) is 6.61 Å². The highest BCUT2D eigenvalue weighted by atomic mass is 16.3. The zero-order valence-corrected chi connectivity index (χ0v) is 15.4. The fourth-order valence-electron chi connectivity index (χ4n) is 7.84. The van der Waals surface area contributed by atoms with Crippen LogP contribution >= 0.6 is 0 Å². The van der Waals surface area contributed by atoms with Crippen LogP contribution in [0.3, 0.4) is 0 Å². The van der Waals surface area contributed by atoms with Crippen molar-refractivity contribution in [3.05, 3.63) is 0 Å². The molecule has 2 nitrogen and oxygen atoms in total. The molecule has 4 rings (SSSR count). The average Bonchev–Trinajstić information content (AvgIpc) is 2.84. The van der Waals surface area contributed by atoms with E-state index in [1.165, 1.54) is 44.9 Å². The Morgan fingerprint density at radius 1 is 0.826 bits per heavy atom. The summed E-state index contributed by atoms with van der Waals surface area (Å²) >= 11 is 0. The number of aliphatic hydroxyl groups excluding tert-OH is 1. The third-order valence-electron chi connectivity index (χ3n) is 9.37. The molecule has 0 aliphatic heterocycles. The van der Waals surface area contributed by atoms with Crippen LogP contribution in [0.25, 0.3) is 0 Å². The van der Waals surface area contributed by atoms with Gasteiger partial charge in [-0.15, -0.1) is 0 Å². The molecule has 2 unspecified atom stereocenters. The molecule has 0 radical (unpaired) electrons. The van der Waals surface area contributed by atoms with Crippen molar-refractivity contribution in [2.24, 2.45) is 40.4 Å².